The highest BCUT2D eigenvalue weighted by Crippen LogP contribution is 2.29. The highest BCUT2D eigenvalue weighted by molar-refractivity contribution is 5.81. The van der Waals surface area contributed by atoms with Crippen molar-refractivity contribution in [3.8, 4) is 0 Å². The molecule has 76 valence electrons. The third-order valence-corrected chi connectivity index (χ3v) is 2.88. The topological polar surface area (TPSA) is 53.3 Å². The van der Waals surface area contributed by atoms with E-state index in [-0.39, 0.29) is 12.0 Å². The summed E-state index contributed by atoms with van der Waals surface area (Å²) in [5, 5.41) is 17.2. The van der Waals surface area contributed by atoms with Crippen molar-refractivity contribution in [2.75, 3.05) is 13.7 Å². The third kappa shape index (κ3) is 2.78. The van der Waals surface area contributed by atoms with Crippen LogP contribution in [0, 0.1) is 17.2 Å². The van der Waals surface area contributed by atoms with E-state index in [0.29, 0.717) is 11.6 Å². The van der Waals surface area contributed by atoms with Crippen LogP contribution >= 0.6 is 0 Å². The molecule has 3 unspecified atom stereocenters. The van der Waals surface area contributed by atoms with Crippen molar-refractivity contribution in [1.29, 1.82) is 5.41 Å². The minimum Gasteiger partial charge on any atom is -0.392 e. The summed E-state index contributed by atoms with van der Waals surface area (Å²) in [5.41, 5.74) is 0.614. The molecule has 0 bridgehead atoms. The molecule has 0 amide bonds. The zero-order valence-electron chi connectivity index (χ0n) is 8.42. The Labute approximate surface area is 79.6 Å². The van der Waals surface area contributed by atoms with Gasteiger partial charge in [0, 0.05) is 25.3 Å². The van der Waals surface area contributed by atoms with Gasteiger partial charge < -0.3 is 15.3 Å². The van der Waals surface area contributed by atoms with Gasteiger partial charge in [-0.15, -0.1) is 0 Å². The van der Waals surface area contributed by atoms with Crippen LogP contribution < -0.4 is 0 Å². The van der Waals surface area contributed by atoms with Gasteiger partial charge in [0.2, 0.25) is 0 Å². The molecule has 3 atom stereocenters. The fourth-order valence-electron chi connectivity index (χ4n) is 2.12. The van der Waals surface area contributed by atoms with E-state index in [2.05, 4.69) is 0 Å². The van der Waals surface area contributed by atoms with Crippen molar-refractivity contribution in [3.05, 3.63) is 0 Å². The van der Waals surface area contributed by atoms with Crippen LogP contribution in [-0.4, -0.2) is 30.6 Å². The van der Waals surface area contributed by atoms with Crippen molar-refractivity contribution in [1.82, 2.24) is 0 Å². The molecule has 13 heavy (non-hydrogen) atoms. The third-order valence-electron chi connectivity index (χ3n) is 2.88. The van der Waals surface area contributed by atoms with Gasteiger partial charge in [-0.05, 0) is 32.1 Å². The van der Waals surface area contributed by atoms with Crippen LogP contribution in [0.3, 0.4) is 0 Å². The highest BCUT2D eigenvalue weighted by atomic mass is 16.5. The molecule has 0 heterocycles. The van der Waals surface area contributed by atoms with Gasteiger partial charge in [-0.25, -0.2) is 0 Å². The molecular formula is C10H19NO2. The molecule has 2 N–H and O–H groups in total. The van der Waals surface area contributed by atoms with E-state index >= 15 is 0 Å². The lowest BCUT2D eigenvalue weighted by molar-refractivity contribution is 0.0410. The number of rotatable bonds is 3. The Kier molecular flexibility index (Phi) is 3.88. The van der Waals surface area contributed by atoms with Gasteiger partial charge in [-0.3, -0.25) is 0 Å². The fourth-order valence-corrected chi connectivity index (χ4v) is 2.12. The SMILES string of the molecule is COCC1CCC(C(C)=N)C(O)C1. The number of ether oxygens (including phenoxy) is 1. The minimum absolute atomic E-state index is 0.0908. The molecule has 1 saturated carbocycles. The summed E-state index contributed by atoms with van der Waals surface area (Å²) in [6.45, 7) is 2.52. The number of aliphatic hydroxyl groups excluding tert-OH is 1. The number of nitrogens with one attached hydrogen (secondary N) is 1. The summed E-state index contributed by atoms with van der Waals surface area (Å²) in [7, 11) is 1.69. The van der Waals surface area contributed by atoms with Crippen molar-refractivity contribution >= 4 is 5.71 Å². The van der Waals surface area contributed by atoms with E-state index in [1.807, 2.05) is 0 Å². The van der Waals surface area contributed by atoms with Crippen molar-refractivity contribution in [3.63, 3.8) is 0 Å². The summed E-state index contributed by atoms with van der Waals surface area (Å²) in [5.74, 6) is 0.573. The van der Waals surface area contributed by atoms with Crippen LogP contribution in [0.5, 0.6) is 0 Å². The Morgan fingerprint density at radius 2 is 2.23 bits per heavy atom. The fraction of sp³-hybridized carbons (Fsp3) is 0.900. The monoisotopic (exact) mass is 185 g/mol. The molecule has 3 heteroatoms. The summed E-state index contributed by atoms with van der Waals surface area (Å²) >= 11 is 0. The van der Waals surface area contributed by atoms with Crippen molar-refractivity contribution in [2.45, 2.75) is 32.3 Å². The van der Waals surface area contributed by atoms with E-state index in [1.165, 1.54) is 0 Å². The highest BCUT2D eigenvalue weighted by Gasteiger charge is 2.29. The van der Waals surface area contributed by atoms with E-state index in [1.54, 1.807) is 14.0 Å². The summed E-state index contributed by atoms with van der Waals surface area (Å²) in [6, 6.07) is 0. The number of hydrogen-bond acceptors (Lipinski definition) is 3. The van der Waals surface area contributed by atoms with E-state index in [9.17, 15) is 5.11 Å². The summed E-state index contributed by atoms with van der Waals surface area (Å²) < 4.78 is 5.06. The quantitative estimate of drug-likeness (QED) is 0.654. The molecule has 1 aliphatic rings. The molecule has 0 aromatic heterocycles. The van der Waals surface area contributed by atoms with Crippen LogP contribution in [-0.2, 0) is 4.74 Å². The molecule has 0 saturated heterocycles. The van der Waals surface area contributed by atoms with E-state index in [0.717, 1.165) is 25.9 Å². The maximum Gasteiger partial charge on any atom is 0.0623 e. The van der Waals surface area contributed by atoms with E-state index < -0.39 is 0 Å². The van der Waals surface area contributed by atoms with Gasteiger partial charge >= 0.3 is 0 Å². The second-order valence-electron chi connectivity index (χ2n) is 3.99. The molecule has 3 nitrogen and oxygen atoms in total. The Morgan fingerprint density at radius 1 is 1.54 bits per heavy atom. The second-order valence-corrected chi connectivity index (χ2v) is 3.99. The molecule has 0 aliphatic heterocycles. The maximum atomic E-state index is 9.74. The number of methoxy groups -OCH3 is 1. The van der Waals surface area contributed by atoms with Crippen LogP contribution in [0.25, 0.3) is 0 Å². The van der Waals surface area contributed by atoms with Crippen LogP contribution in [0.4, 0.5) is 0 Å². The first-order chi connectivity index (χ1) is 6.15. The lowest BCUT2D eigenvalue weighted by Gasteiger charge is -2.32. The average molecular weight is 185 g/mol. The Hall–Kier alpha value is -0.410. The standard InChI is InChI=1S/C10H19NO2/c1-7(11)9-4-3-8(6-13-2)5-10(9)12/h8-12H,3-6H2,1-2H3. The normalized spacial score (nSPS) is 34.5. The Bertz CT molecular complexity index is 182. The van der Waals surface area contributed by atoms with Gasteiger partial charge in [0.05, 0.1) is 6.10 Å². The molecule has 0 aromatic carbocycles. The van der Waals surface area contributed by atoms with Crippen LogP contribution in [0.2, 0.25) is 0 Å². The van der Waals surface area contributed by atoms with Crippen molar-refractivity contribution < 1.29 is 9.84 Å². The molecule has 1 fully saturated rings. The van der Waals surface area contributed by atoms with E-state index in [4.69, 9.17) is 10.1 Å². The van der Waals surface area contributed by atoms with Gasteiger partial charge in [0.1, 0.15) is 0 Å². The maximum absolute atomic E-state index is 9.74. The minimum atomic E-state index is -0.327. The predicted octanol–water partition coefficient (Wildman–Crippen LogP) is 1.45. The zero-order valence-corrected chi connectivity index (χ0v) is 8.42. The van der Waals surface area contributed by atoms with Gasteiger partial charge in [-0.2, -0.15) is 0 Å². The molecule has 1 aliphatic carbocycles. The molecule has 0 radical (unpaired) electrons. The van der Waals surface area contributed by atoms with Crippen molar-refractivity contribution in [2.24, 2.45) is 11.8 Å². The van der Waals surface area contributed by atoms with Gasteiger partial charge in [-0.1, -0.05) is 0 Å². The first kappa shape index (κ1) is 10.7. The smallest absolute Gasteiger partial charge is 0.0623 e. The number of hydrogen-bond donors (Lipinski definition) is 2. The molecule has 0 aromatic rings. The molecule has 0 spiro atoms. The van der Waals surface area contributed by atoms with Gasteiger partial charge in [0.15, 0.2) is 0 Å². The first-order valence-electron chi connectivity index (χ1n) is 4.87. The second kappa shape index (κ2) is 4.72. The van der Waals surface area contributed by atoms with Crippen LogP contribution in [0.15, 0.2) is 0 Å². The lowest BCUT2D eigenvalue weighted by atomic mass is 9.78. The predicted molar refractivity (Wildman–Crippen MR) is 52.1 cm³/mol. The van der Waals surface area contributed by atoms with Crippen LogP contribution in [0.1, 0.15) is 26.2 Å². The number of aliphatic hydroxyl groups is 1. The molecule has 1 rings (SSSR count). The zero-order chi connectivity index (χ0) is 9.84. The summed E-state index contributed by atoms with van der Waals surface area (Å²) in [4.78, 5) is 0. The lowest BCUT2D eigenvalue weighted by Crippen LogP contribution is -2.34. The van der Waals surface area contributed by atoms with Gasteiger partial charge in [0.25, 0.3) is 0 Å². The largest absolute Gasteiger partial charge is 0.392 e. The average Bonchev–Trinajstić information content (AvgIpc) is 2.04. The Balaban J connectivity index is 2.42. The molecular weight excluding hydrogens is 166 g/mol. The first-order valence-corrected chi connectivity index (χ1v) is 4.87. The summed E-state index contributed by atoms with van der Waals surface area (Å²) in [6.07, 6.45) is 2.47. The Morgan fingerprint density at radius 3 is 2.69 bits per heavy atom.